The van der Waals surface area contributed by atoms with Crippen molar-refractivity contribution in [2.24, 2.45) is 0 Å². The zero-order valence-electron chi connectivity index (χ0n) is 22.5. The molecule has 2 unspecified atom stereocenters. The Morgan fingerprint density at radius 3 is 2.16 bits per heavy atom. The van der Waals surface area contributed by atoms with Crippen LogP contribution in [0.15, 0.2) is 42.5 Å². The molecule has 206 valence electrons. The SMILES string of the molecule is COC(=O)c1cccc(CN2CCCN3CCN(CCc4ccc([N+](=O)[O-])cc4)CCCN(CC3)CC2)n1. The van der Waals surface area contributed by atoms with E-state index in [1.54, 1.807) is 18.2 Å². The van der Waals surface area contributed by atoms with Gasteiger partial charge in [-0.2, -0.15) is 0 Å². The Balaban J connectivity index is 1.32. The van der Waals surface area contributed by atoms with Crippen LogP contribution in [0.2, 0.25) is 0 Å². The minimum absolute atomic E-state index is 0.148. The predicted molar refractivity (Wildman–Crippen MR) is 146 cm³/mol. The van der Waals surface area contributed by atoms with Crippen LogP contribution in [0.1, 0.15) is 34.6 Å². The van der Waals surface area contributed by atoms with Crippen molar-refractivity contribution in [3.05, 3.63) is 69.5 Å². The molecule has 38 heavy (non-hydrogen) atoms. The number of non-ortho nitro benzene ring substituents is 1. The molecular formula is C28H40N6O4. The van der Waals surface area contributed by atoms with Gasteiger partial charge in [0, 0.05) is 64.5 Å². The van der Waals surface area contributed by atoms with Gasteiger partial charge in [-0.3, -0.25) is 15.0 Å². The molecule has 2 saturated heterocycles. The Morgan fingerprint density at radius 1 is 0.868 bits per heavy atom. The number of nitrogens with zero attached hydrogens (tertiary/aromatic N) is 6. The van der Waals surface area contributed by atoms with Crippen LogP contribution in [-0.2, 0) is 17.7 Å². The maximum Gasteiger partial charge on any atom is 0.356 e. The number of carbonyl (C=O) groups excluding carboxylic acids is 1. The standard InChI is InChI=1S/C28H40N6O4/c1-38-28(35)27-6-2-5-25(29-27)23-33-15-4-14-31-18-17-30(12-3-13-32(20-19-31)21-22-33)16-11-24-7-9-26(10-8-24)34(36)37/h2,5-10H,3-4,11-23H2,1H3. The molecule has 0 saturated carbocycles. The first kappa shape index (κ1) is 28.1. The van der Waals surface area contributed by atoms with E-state index in [9.17, 15) is 14.9 Å². The molecule has 0 aliphatic carbocycles. The van der Waals surface area contributed by atoms with E-state index in [1.165, 1.54) is 7.11 Å². The van der Waals surface area contributed by atoms with E-state index in [4.69, 9.17) is 4.74 Å². The lowest BCUT2D eigenvalue weighted by Crippen LogP contribution is -2.47. The molecule has 3 heterocycles. The molecule has 2 aliphatic rings. The molecule has 2 atom stereocenters. The molecule has 0 amide bonds. The summed E-state index contributed by atoms with van der Waals surface area (Å²) in [4.78, 5) is 37.2. The minimum Gasteiger partial charge on any atom is -0.464 e. The highest BCUT2D eigenvalue weighted by Crippen LogP contribution is 2.14. The summed E-state index contributed by atoms with van der Waals surface area (Å²) in [5.41, 5.74) is 2.55. The molecule has 0 spiro atoms. The molecular weight excluding hydrogens is 484 g/mol. The Kier molecular flexibility index (Phi) is 10.6. The Labute approximate surface area is 225 Å². The van der Waals surface area contributed by atoms with E-state index < -0.39 is 5.97 Å². The summed E-state index contributed by atoms with van der Waals surface area (Å²) >= 11 is 0. The second-order valence-corrected chi connectivity index (χ2v) is 10.2. The Morgan fingerprint density at radius 2 is 1.50 bits per heavy atom. The highest BCUT2D eigenvalue weighted by molar-refractivity contribution is 5.87. The van der Waals surface area contributed by atoms with Crippen LogP contribution in [0.5, 0.6) is 0 Å². The Hall–Kier alpha value is -2.92. The van der Waals surface area contributed by atoms with Gasteiger partial charge in [-0.15, -0.1) is 0 Å². The number of hydrogen-bond acceptors (Lipinski definition) is 9. The fourth-order valence-electron chi connectivity index (χ4n) is 5.25. The monoisotopic (exact) mass is 524 g/mol. The molecule has 4 rings (SSSR count). The van der Waals surface area contributed by atoms with Crippen molar-refractivity contribution in [2.45, 2.75) is 25.8 Å². The largest absolute Gasteiger partial charge is 0.464 e. The minimum atomic E-state index is -0.397. The number of nitro benzene ring substituents is 1. The molecule has 2 fully saturated rings. The molecule has 2 aliphatic heterocycles. The van der Waals surface area contributed by atoms with Crippen LogP contribution in [-0.4, -0.2) is 115 Å². The van der Waals surface area contributed by atoms with Gasteiger partial charge in [-0.25, -0.2) is 9.78 Å². The van der Waals surface area contributed by atoms with Crippen molar-refractivity contribution >= 4 is 11.7 Å². The average Bonchev–Trinajstić information content (AvgIpc) is 2.94. The van der Waals surface area contributed by atoms with Gasteiger partial charge in [0.05, 0.1) is 17.7 Å². The highest BCUT2D eigenvalue weighted by Gasteiger charge is 2.19. The molecule has 2 aromatic rings. The quantitative estimate of drug-likeness (QED) is 0.308. The number of aromatic nitrogens is 1. The average molecular weight is 525 g/mol. The van der Waals surface area contributed by atoms with Gasteiger partial charge >= 0.3 is 5.97 Å². The van der Waals surface area contributed by atoms with Crippen molar-refractivity contribution in [3.8, 4) is 0 Å². The fourth-order valence-corrected chi connectivity index (χ4v) is 5.25. The van der Waals surface area contributed by atoms with Crippen LogP contribution < -0.4 is 0 Å². The normalized spacial score (nSPS) is 22.0. The van der Waals surface area contributed by atoms with E-state index in [0.717, 1.165) is 109 Å². The van der Waals surface area contributed by atoms with Crippen molar-refractivity contribution in [1.29, 1.82) is 0 Å². The van der Waals surface area contributed by atoms with Gasteiger partial charge in [-0.05, 0) is 63.1 Å². The van der Waals surface area contributed by atoms with Gasteiger partial charge in [-0.1, -0.05) is 18.2 Å². The number of pyridine rings is 1. The number of methoxy groups -OCH3 is 1. The first-order valence-corrected chi connectivity index (χ1v) is 13.7. The van der Waals surface area contributed by atoms with Crippen LogP contribution in [0.4, 0.5) is 5.69 Å². The smallest absolute Gasteiger partial charge is 0.356 e. The molecule has 10 nitrogen and oxygen atoms in total. The third-order valence-corrected chi connectivity index (χ3v) is 7.55. The molecule has 10 heteroatoms. The first-order chi connectivity index (χ1) is 18.5. The van der Waals surface area contributed by atoms with Crippen LogP contribution in [0.25, 0.3) is 0 Å². The maximum absolute atomic E-state index is 11.9. The van der Waals surface area contributed by atoms with Crippen molar-refractivity contribution in [1.82, 2.24) is 24.6 Å². The summed E-state index contributed by atoms with van der Waals surface area (Å²) in [5.74, 6) is -0.397. The van der Waals surface area contributed by atoms with Crippen molar-refractivity contribution in [2.75, 3.05) is 79.1 Å². The topological polar surface area (TPSA) is 95.3 Å². The lowest BCUT2D eigenvalue weighted by Gasteiger charge is -2.35. The number of hydrogen-bond donors (Lipinski definition) is 0. The summed E-state index contributed by atoms with van der Waals surface area (Å²) in [5, 5.41) is 10.9. The first-order valence-electron chi connectivity index (χ1n) is 13.7. The number of fused-ring (bicyclic) bond motifs is 3. The zero-order chi connectivity index (χ0) is 26.7. The van der Waals surface area contributed by atoms with Crippen molar-refractivity contribution < 1.29 is 14.5 Å². The fraction of sp³-hybridized carbons (Fsp3) is 0.571. The lowest BCUT2D eigenvalue weighted by atomic mass is 10.1. The maximum atomic E-state index is 11.9. The number of rotatable bonds is 7. The summed E-state index contributed by atoms with van der Waals surface area (Å²) in [7, 11) is 1.38. The number of nitro groups is 1. The van der Waals surface area contributed by atoms with Gasteiger partial charge in [0.15, 0.2) is 0 Å². The molecule has 0 N–H and O–H groups in total. The number of esters is 1. The number of benzene rings is 1. The van der Waals surface area contributed by atoms with Crippen LogP contribution in [0.3, 0.4) is 0 Å². The second kappa shape index (κ2) is 14.3. The van der Waals surface area contributed by atoms with E-state index >= 15 is 0 Å². The number of ether oxygens (including phenoxy) is 1. The zero-order valence-corrected chi connectivity index (χ0v) is 22.5. The third-order valence-electron chi connectivity index (χ3n) is 7.55. The van der Waals surface area contributed by atoms with Gasteiger partial charge in [0.25, 0.3) is 5.69 Å². The number of carbonyl (C=O) groups is 1. The van der Waals surface area contributed by atoms with Crippen LogP contribution >= 0.6 is 0 Å². The third kappa shape index (κ3) is 8.56. The predicted octanol–water partition coefficient (Wildman–Crippen LogP) is 2.53. The summed E-state index contributed by atoms with van der Waals surface area (Å²) in [6.07, 6.45) is 3.13. The van der Waals surface area contributed by atoms with E-state index in [0.29, 0.717) is 5.69 Å². The van der Waals surface area contributed by atoms with Crippen LogP contribution in [0, 0.1) is 10.1 Å². The van der Waals surface area contributed by atoms with Crippen molar-refractivity contribution in [3.63, 3.8) is 0 Å². The Bertz CT molecular complexity index is 1050. The molecule has 1 aromatic heterocycles. The lowest BCUT2D eigenvalue weighted by molar-refractivity contribution is -0.384. The van der Waals surface area contributed by atoms with Gasteiger partial charge in [0.1, 0.15) is 5.69 Å². The van der Waals surface area contributed by atoms with E-state index in [-0.39, 0.29) is 10.6 Å². The van der Waals surface area contributed by atoms with E-state index in [2.05, 4.69) is 24.6 Å². The van der Waals surface area contributed by atoms with Gasteiger partial charge < -0.3 is 19.4 Å². The summed E-state index contributed by atoms with van der Waals surface area (Å²) < 4.78 is 4.83. The summed E-state index contributed by atoms with van der Waals surface area (Å²) in [6, 6.07) is 12.5. The molecule has 2 bridgehead atoms. The molecule has 1 aromatic carbocycles. The van der Waals surface area contributed by atoms with Gasteiger partial charge in [0.2, 0.25) is 0 Å². The van der Waals surface area contributed by atoms with E-state index in [1.807, 2.05) is 24.3 Å². The molecule has 0 radical (unpaired) electrons. The second-order valence-electron chi connectivity index (χ2n) is 10.2. The summed E-state index contributed by atoms with van der Waals surface area (Å²) in [6.45, 7) is 12.2. The highest BCUT2D eigenvalue weighted by atomic mass is 16.6.